The van der Waals surface area contributed by atoms with E-state index in [-0.39, 0.29) is 5.75 Å². The van der Waals surface area contributed by atoms with E-state index in [0.717, 1.165) is 42.9 Å². The summed E-state index contributed by atoms with van der Waals surface area (Å²) in [6.07, 6.45) is 3.53. The van der Waals surface area contributed by atoms with Crippen LogP contribution in [0.5, 0.6) is 5.75 Å². The Labute approximate surface area is 168 Å². The van der Waals surface area contributed by atoms with E-state index in [0.29, 0.717) is 21.7 Å². The monoisotopic (exact) mass is 419 g/mol. The maximum Gasteiger partial charge on any atom is 0.387 e. The molecular weight excluding hydrogens is 396 g/mol. The van der Waals surface area contributed by atoms with Gasteiger partial charge in [-0.05, 0) is 58.6 Å². The van der Waals surface area contributed by atoms with Crippen molar-refractivity contribution in [2.75, 3.05) is 23.7 Å². The average molecular weight is 419 g/mol. The van der Waals surface area contributed by atoms with Crippen LogP contribution >= 0.6 is 0 Å². The molecule has 4 rings (SSSR count). The Kier molecular flexibility index (Phi) is 5.21. The number of halogens is 2. The predicted molar refractivity (Wildman–Crippen MR) is 114 cm³/mol. The summed E-state index contributed by atoms with van der Waals surface area (Å²) < 4.78 is 42.3. The van der Waals surface area contributed by atoms with E-state index in [1.54, 1.807) is 0 Å². The molecule has 1 aliphatic rings. The van der Waals surface area contributed by atoms with Crippen LogP contribution in [0.3, 0.4) is 0 Å². The molecule has 1 unspecified atom stereocenters. The fourth-order valence-corrected chi connectivity index (χ4v) is 4.65. The van der Waals surface area contributed by atoms with Gasteiger partial charge in [0.25, 0.3) is 0 Å². The first kappa shape index (κ1) is 19.7. The van der Waals surface area contributed by atoms with Crippen LogP contribution < -0.4 is 9.64 Å². The third-order valence-corrected chi connectivity index (χ3v) is 7.32. The van der Waals surface area contributed by atoms with Crippen LogP contribution in [0.2, 0.25) is 0 Å². The Morgan fingerprint density at radius 3 is 2.72 bits per heavy atom. The first-order valence-electron chi connectivity index (χ1n) is 9.55. The highest BCUT2D eigenvalue weighted by Gasteiger charge is 2.20. The molecule has 0 bridgehead atoms. The van der Waals surface area contributed by atoms with Crippen molar-refractivity contribution in [3.63, 3.8) is 0 Å². The van der Waals surface area contributed by atoms with Crippen LogP contribution in [0.15, 0.2) is 41.4 Å². The fraction of sp³-hybridized carbons (Fsp3) is 0.333. The number of hydrogen-bond acceptors (Lipinski definition) is 4. The average Bonchev–Trinajstić information content (AvgIpc) is 3.36. The van der Waals surface area contributed by atoms with Crippen molar-refractivity contribution in [3.05, 3.63) is 36.5 Å². The van der Waals surface area contributed by atoms with E-state index in [1.807, 2.05) is 31.2 Å². The molecule has 3 aromatic rings. The third kappa shape index (κ3) is 3.94. The second kappa shape index (κ2) is 7.67. The molecule has 29 heavy (non-hydrogen) atoms. The lowest BCUT2D eigenvalue weighted by molar-refractivity contribution is -0.0499. The van der Waals surface area contributed by atoms with E-state index in [1.165, 1.54) is 12.3 Å². The molecule has 8 heteroatoms. The molecule has 3 heterocycles. The van der Waals surface area contributed by atoms with Crippen molar-refractivity contribution < 1.29 is 17.7 Å². The van der Waals surface area contributed by atoms with Gasteiger partial charge in [0.1, 0.15) is 11.4 Å². The number of fused-ring (bicyclic) bond motifs is 1. The van der Waals surface area contributed by atoms with Gasteiger partial charge in [-0.2, -0.15) is 8.78 Å². The van der Waals surface area contributed by atoms with Gasteiger partial charge in [-0.3, -0.25) is 4.21 Å². The highest BCUT2D eigenvalue weighted by Crippen LogP contribution is 2.36. The van der Waals surface area contributed by atoms with Gasteiger partial charge >= 0.3 is 6.61 Å². The van der Waals surface area contributed by atoms with Gasteiger partial charge in [-0.1, -0.05) is 6.92 Å². The fourth-order valence-electron chi connectivity index (χ4n) is 3.67. The molecule has 0 radical (unpaired) electrons. The van der Waals surface area contributed by atoms with Crippen molar-refractivity contribution in [1.82, 2.24) is 9.97 Å². The van der Waals surface area contributed by atoms with Crippen molar-refractivity contribution in [1.29, 1.82) is 0 Å². The molecule has 5 nitrogen and oxygen atoms in total. The summed E-state index contributed by atoms with van der Waals surface area (Å²) in [7, 11) is -2.37. The SMILES string of the molecule is C=S(=O)(CC)c1ccc(N2CCCC2)c(-c2cc3cc(OC(F)F)cnc3[nH]2)c1. The number of nitrogens with zero attached hydrogens (tertiary/aromatic N) is 2. The van der Waals surface area contributed by atoms with Crippen LogP contribution in [0.4, 0.5) is 14.5 Å². The van der Waals surface area contributed by atoms with E-state index < -0.39 is 16.1 Å². The molecule has 1 aliphatic heterocycles. The summed E-state index contributed by atoms with van der Waals surface area (Å²) in [6.45, 7) is 0.890. The molecule has 0 saturated carbocycles. The smallest absolute Gasteiger partial charge is 0.387 e. The number of pyridine rings is 1. The molecule has 1 saturated heterocycles. The third-order valence-electron chi connectivity index (χ3n) is 5.27. The van der Waals surface area contributed by atoms with Crippen molar-refractivity contribution in [2.45, 2.75) is 31.3 Å². The lowest BCUT2D eigenvalue weighted by Gasteiger charge is -2.22. The number of benzene rings is 1. The van der Waals surface area contributed by atoms with Gasteiger partial charge in [0.15, 0.2) is 0 Å². The van der Waals surface area contributed by atoms with Gasteiger partial charge in [0, 0.05) is 46.1 Å². The summed E-state index contributed by atoms with van der Waals surface area (Å²) in [5.74, 6) is 4.38. The Morgan fingerprint density at radius 1 is 1.28 bits per heavy atom. The molecule has 1 aromatic carbocycles. The number of rotatable bonds is 6. The summed E-state index contributed by atoms with van der Waals surface area (Å²) in [5.41, 5.74) is 3.32. The van der Waals surface area contributed by atoms with Gasteiger partial charge < -0.3 is 14.6 Å². The van der Waals surface area contributed by atoms with Crippen molar-refractivity contribution >= 4 is 32.1 Å². The second-order valence-corrected chi connectivity index (χ2v) is 9.82. The number of hydrogen-bond donors (Lipinski definition) is 1. The number of aromatic amines is 1. The molecule has 1 N–H and O–H groups in total. The zero-order valence-electron chi connectivity index (χ0n) is 16.2. The number of ether oxygens (including phenoxy) is 1. The minimum atomic E-state index is -2.90. The minimum Gasteiger partial charge on any atom is -0.433 e. The lowest BCUT2D eigenvalue weighted by atomic mass is 10.1. The van der Waals surface area contributed by atoms with Crippen LogP contribution in [0.25, 0.3) is 22.3 Å². The molecule has 0 aliphatic carbocycles. The summed E-state index contributed by atoms with van der Waals surface area (Å²) >= 11 is 0. The number of aromatic nitrogens is 2. The Balaban J connectivity index is 1.83. The zero-order chi connectivity index (χ0) is 20.6. The quantitative estimate of drug-likeness (QED) is 0.597. The Bertz CT molecular complexity index is 1140. The van der Waals surface area contributed by atoms with Gasteiger partial charge in [0.05, 0.1) is 6.20 Å². The molecule has 2 aromatic heterocycles. The first-order chi connectivity index (χ1) is 13.9. The summed E-state index contributed by atoms with van der Waals surface area (Å²) in [4.78, 5) is 10.5. The van der Waals surface area contributed by atoms with Crippen molar-refractivity contribution in [2.24, 2.45) is 0 Å². The topological polar surface area (TPSA) is 58.2 Å². The molecule has 154 valence electrons. The van der Waals surface area contributed by atoms with E-state index >= 15 is 0 Å². The number of alkyl halides is 2. The van der Waals surface area contributed by atoms with Crippen LogP contribution in [-0.4, -0.2) is 45.5 Å². The van der Waals surface area contributed by atoms with Gasteiger partial charge in [-0.25, -0.2) is 4.98 Å². The Hall–Kier alpha value is -2.61. The number of anilines is 1. The second-order valence-electron chi connectivity index (χ2n) is 7.14. The molecule has 0 spiro atoms. The number of nitrogens with one attached hydrogen (secondary N) is 1. The molecule has 0 amide bonds. The van der Waals surface area contributed by atoms with E-state index in [9.17, 15) is 13.0 Å². The Morgan fingerprint density at radius 2 is 2.03 bits per heavy atom. The van der Waals surface area contributed by atoms with Crippen LogP contribution in [-0.2, 0) is 9.52 Å². The van der Waals surface area contributed by atoms with Gasteiger partial charge in [-0.15, -0.1) is 0 Å². The van der Waals surface area contributed by atoms with E-state index in [2.05, 4.69) is 25.5 Å². The maximum atomic E-state index is 12.9. The standard InChI is InChI=1S/C21H23F2N3O2S/c1-3-29(2,27)16-6-7-19(26-8-4-5-9-26)17(12-16)18-11-14-10-15(28-21(22)23)13-24-20(14)25-18/h6-7,10-13,21H,2-5,8-9H2,1H3,(H,24,25). The zero-order valence-corrected chi connectivity index (χ0v) is 17.0. The first-order valence-corrected chi connectivity index (χ1v) is 11.4. The molecular formula is C21H23F2N3O2S. The highest BCUT2D eigenvalue weighted by atomic mass is 32.2. The summed E-state index contributed by atoms with van der Waals surface area (Å²) in [6, 6.07) is 9.21. The highest BCUT2D eigenvalue weighted by molar-refractivity contribution is 8.00. The molecule has 1 fully saturated rings. The minimum absolute atomic E-state index is 0.0123. The summed E-state index contributed by atoms with van der Waals surface area (Å²) in [5, 5.41) is 0.668. The predicted octanol–water partition coefficient (Wildman–Crippen LogP) is 4.53. The van der Waals surface area contributed by atoms with Crippen LogP contribution in [0.1, 0.15) is 19.8 Å². The maximum absolute atomic E-state index is 12.9. The largest absolute Gasteiger partial charge is 0.433 e. The lowest BCUT2D eigenvalue weighted by Crippen LogP contribution is -2.18. The van der Waals surface area contributed by atoms with Crippen molar-refractivity contribution in [3.8, 4) is 17.0 Å². The van der Waals surface area contributed by atoms with Gasteiger partial charge in [0.2, 0.25) is 0 Å². The van der Waals surface area contributed by atoms with Crippen LogP contribution in [0, 0.1) is 0 Å². The number of H-pyrrole nitrogens is 1. The normalized spacial score (nSPS) is 16.5. The van der Waals surface area contributed by atoms with E-state index in [4.69, 9.17) is 0 Å². The molecule has 1 atom stereocenters.